The highest BCUT2D eigenvalue weighted by Gasteiger charge is 2.29. The van der Waals surface area contributed by atoms with Crippen molar-refractivity contribution in [2.45, 2.75) is 26.2 Å². The minimum Gasteiger partial charge on any atom is -0.308 e. The molecule has 2 rings (SSSR count). The Kier molecular flexibility index (Phi) is 4.21. The fourth-order valence-corrected chi connectivity index (χ4v) is 2.39. The molecule has 1 aromatic heterocycles. The minimum absolute atomic E-state index is 0.537. The molecule has 0 saturated heterocycles. The van der Waals surface area contributed by atoms with E-state index in [1.54, 1.807) is 17.5 Å². The molecule has 0 aliphatic heterocycles. The molecule has 19 heavy (non-hydrogen) atoms. The fraction of sp³-hybridized carbons (Fsp3) is 0.308. The van der Waals surface area contributed by atoms with E-state index in [-0.39, 0.29) is 0 Å². The molecule has 0 unspecified atom stereocenters. The topological polar surface area (TPSA) is 24.9 Å². The van der Waals surface area contributed by atoms with Gasteiger partial charge in [0.2, 0.25) is 0 Å². The Bertz CT molecular complexity index is 532. The molecular weight excluding hydrogens is 273 g/mol. The number of aryl methyl sites for hydroxylation is 1. The lowest BCUT2D eigenvalue weighted by atomic mass is 10.1. The molecule has 6 heteroatoms. The van der Waals surface area contributed by atoms with E-state index in [1.165, 1.54) is 12.1 Å². The summed E-state index contributed by atoms with van der Waals surface area (Å²) in [7, 11) is 0. The summed E-state index contributed by atoms with van der Waals surface area (Å²) in [5.74, 6) is 0. The lowest BCUT2D eigenvalue weighted by Crippen LogP contribution is -2.12. The smallest absolute Gasteiger partial charge is 0.308 e. The van der Waals surface area contributed by atoms with Crippen LogP contribution in [0, 0.1) is 6.92 Å². The molecule has 0 fully saturated rings. The van der Waals surface area contributed by atoms with Crippen LogP contribution in [0.2, 0.25) is 0 Å². The van der Waals surface area contributed by atoms with Crippen LogP contribution >= 0.6 is 11.3 Å². The van der Waals surface area contributed by atoms with E-state index in [2.05, 4.69) is 10.3 Å². The lowest BCUT2D eigenvalue weighted by molar-refractivity contribution is -0.137. The summed E-state index contributed by atoms with van der Waals surface area (Å²) in [5.41, 5.74) is 0.212. The van der Waals surface area contributed by atoms with E-state index in [9.17, 15) is 13.2 Å². The van der Waals surface area contributed by atoms with Gasteiger partial charge in [-0.05, 0) is 24.6 Å². The van der Waals surface area contributed by atoms with Gasteiger partial charge in [0.15, 0.2) is 0 Å². The fourth-order valence-electron chi connectivity index (χ4n) is 1.63. The second-order valence-corrected chi connectivity index (χ2v) is 5.46. The van der Waals surface area contributed by atoms with Crippen LogP contribution in [-0.2, 0) is 19.3 Å². The summed E-state index contributed by atoms with van der Waals surface area (Å²) in [4.78, 5) is 5.25. The molecule has 0 amide bonds. The molecule has 1 heterocycles. The number of halogens is 3. The number of thiazole rings is 1. The first-order chi connectivity index (χ1) is 8.95. The van der Waals surface area contributed by atoms with Crippen LogP contribution in [0.15, 0.2) is 30.5 Å². The van der Waals surface area contributed by atoms with Gasteiger partial charge in [-0.3, -0.25) is 0 Å². The second kappa shape index (κ2) is 5.71. The average Bonchev–Trinajstić information content (AvgIpc) is 2.75. The normalized spacial score (nSPS) is 11.8. The Morgan fingerprint density at radius 1 is 1.16 bits per heavy atom. The summed E-state index contributed by atoms with van der Waals surface area (Å²) in [6.07, 6.45) is -2.47. The second-order valence-electron chi connectivity index (χ2n) is 4.14. The maximum Gasteiger partial charge on any atom is 0.416 e. The molecule has 0 aliphatic carbocycles. The van der Waals surface area contributed by atoms with Gasteiger partial charge in [0.05, 0.1) is 10.6 Å². The first-order valence-electron chi connectivity index (χ1n) is 5.73. The van der Waals surface area contributed by atoms with Gasteiger partial charge in [-0.2, -0.15) is 13.2 Å². The van der Waals surface area contributed by atoms with Crippen molar-refractivity contribution in [3.63, 3.8) is 0 Å². The Labute approximate surface area is 113 Å². The molecule has 0 bridgehead atoms. The Hall–Kier alpha value is -1.40. The van der Waals surface area contributed by atoms with Gasteiger partial charge in [0.1, 0.15) is 0 Å². The number of benzene rings is 1. The zero-order chi connectivity index (χ0) is 13.9. The van der Waals surface area contributed by atoms with Crippen molar-refractivity contribution in [2.24, 2.45) is 0 Å². The molecule has 0 aliphatic rings. The number of rotatable bonds is 4. The third-order valence-electron chi connectivity index (χ3n) is 2.58. The van der Waals surface area contributed by atoms with Crippen molar-refractivity contribution in [3.8, 4) is 0 Å². The highest BCUT2D eigenvalue weighted by Crippen LogP contribution is 2.29. The van der Waals surface area contributed by atoms with Crippen LogP contribution in [0.3, 0.4) is 0 Å². The largest absolute Gasteiger partial charge is 0.416 e. The third-order valence-corrected chi connectivity index (χ3v) is 3.49. The van der Waals surface area contributed by atoms with Crippen LogP contribution in [0.5, 0.6) is 0 Å². The van der Waals surface area contributed by atoms with Crippen molar-refractivity contribution in [1.82, 2.24) is 10.3 Å². The summed E-state index contributed by atoms with van der Waals surface area (Å²) in [6.45, 7) is 3.14. The van der Waals surface area contributed by atoms with Gasteiger partial charge in [0.25, 0.3) is 0 Å². The van der Waals surface area contributed by atoms with Gasteiger partial charge < -0.3 is 5.32 Å². The molecule has 0 radical (unpaired) electrons. The predicted octanol–water partition coefficient (Wildman–Crippen LogP) is 3.76. The number of hydrogen-bond donors (Lipinski definition) is 1. The summed E-state index contributed by atoms with van der Waals surface area (Å²) in [6, 6.07) is 5.20. The maximum absolute atomic E-state index is 12.4. The molecule has 0 saturated carbocycles. The molecular formula is C13H13F3N2S. The molecule has 102 valence electrons. The number of nitrogens with zero attached hydrogens (tertiary/aromatic N) is 1. The Balaban J connectivity index is 1.86. The van der Waals surface area contributed by atoms with Crippen molar-refractivity contribution >= 4 is 11.3 Å². The van der Waals surface area contributed by atoms with Crippen LogP contribution < -0.4 is 5.32 Å². The van der Waals surface area contributed by atoms with Gasteiger partial charge >= 0.3 is 6.18 Å². The van der Waals surface area contributed by atoms with E-state index in [4.69, 9.17) is 0 Å². The van der Waals surface area contributed by atoms with Gasteiger partial charge in [-0.25, -0.2) is 4.98 Å². The SMILES string of the molecule is Cc1ncc(CNCc2ccc(C(F)(F)F)cc2)s1. The molecule has 1 N–H and O–H groups in total. The molecule has 2 aromatic rings. The first kappa shape index (κ1) is 14.0. The first-order valence-corrected chi connectivity index (χ1v) is 6.55. The number of aromatic nitrogens is 1. The van der Waals surface area contributed by atoms with Crippen LogP contribution in [0.1, 0.15) is 21.0 Å². The van der Waals surface area contributed by atoms with Gasteiger partial charge in [-0.15, -0.1) is 11.3 Å². The maximum atomic E-state index is 12.4. The molecule has 0 spiro atoms. The number of alkyl halides is 3. The lowest BCUT2D eigenvalue weighted by Gasteiger charge is -2.08. The monoisotopic (exact) mass is 286 g/mol. The number of nitrogens with one attached hydrogen (secondary N) is 1. The summed E-state index contributed by atoms with van der Waals surface area (Å²) in [5, 5.41) is 4.18. The summed E-state index contributed by atoms with van der Waals surface area (Å²) < 4.78 is 37.1. The van der Waals surface area contributed by atoms with E-state index in [0.29, 0.717) is 13.1 Å². The van der Waals surface area contributed by atoms with E-state index >= 15 is 0 Å². The highest BCUT2D eigenvalue weighted by molar-refractivity contribution is 7.11. The minimum atomic E-state index is -4.27. The van der Waals surface area contributed by atoms with Crippen molar-refractivity contribution in [3.05, 3.63) is 51.5 Å². The van der Waals surface area contributed by atoms with Gasteiger partial charge in [0, 0.05) is 24.2 Å². The van der Waals surface area contributed by atoms with E-state index in [1.807, 2.05) is 6.92 Å². The Morgan fingerprint density at radius 3 is 2.37 bits per heavy atom. The predicted molar refractivity (Wildman–Crippen MR) is 68.8 cm³/mol. The third kappa shape index (κ3) is 4.04. The van der Waals surface area contributed by atoms with Gasteiger partial charge in [-0.1, -0.05) is 12.1 Å². The zero-order valence-corrected chi connectivity index (χ0v) is 11.1. The van der Waals surface area contributed by atoms with E-state index in [0.717, 1.165) is 27.6 Å². The quantitative estimate of drug-likeness (QED) is 0.925. The molecule has 2 nitrogen and oxygen atoms in total. The van der Waals surface area contributed by atoms with Crippen LogP contribution in [-0.4, -0.2) is 4.98 Å². The van der Waals surface area contributed by atoms with Crippen molar-refractivity contribution in [1.29, 1.82) is 0 Å². The molecule has 0 atom stereocenters. The Morgan fingerprint density at radius 2 is 1.84 bits per heavy atom. The van der Waals surface area contributed by atoms with Crippen molar-refractivity contribution < 1.29 is 13.2 Å². The zero-order valence-electron chi connectivity index (χ0n) is 10.3. The van der Waals surface area contributed by atoms with E-state index < -0.39 is 11.7 Å². The van der Waals surface area contributed by atoms with Crippen LogP contribution in [0.4, 0.5) is 13.2 Å². The van der Waals surface area contributed by atoms with Crippen LogP contribution in [0.25, 0.3) is 0 Å². The highest BCUT2D eigenvalue weighted by atomic mass is 32.1. The number of hydrogen-bond acceptors (Lipinski definition) is 3. The average molecular weight is 286 g/mol. The standard InChI is InChI=1S/C13H13F3N2S/c1-9-18-8-12(19-9)7-17-6-10-2-4-11(5-3-10)13(14,15)16/h2-5,8,17H,6-7H2,1H3. The molecule has 1 aromatic carbocycles. The van der Waals surface area contributed by atoms with Crippen molar-refractivity contribution in [2.75, 3.05) is 0 Å². The summed E-state index contributed by atoms with van der Waals surface area (Å²) >= 11 is 1.61.